The molecule has 0 saturated carbocycles. The van der Waals surface area contributed by atoms with Gasteiger partial charge in [0.1, 0.15) is 5.75 Å². The highest BCUT2D eigenvalue weighted by Crippen LogP contribution is 2.49. The first-order valence-electron chi connectivity index (χ1n) is 7.77. The fraction of sp³-hybridized carbons (Fsp3) is 0.556. The van der Waals surface area contributed by atoms with Crippen LogP contribution in [0.3, 0.4) is 0 Å². The third kappa shape index (κ3) is 2.49. The molecule has 0 spiro atoms. The molecule has 2 aliphatic rings. The summed E-state index contributed by atoms with van der Waals surface area (Å²) in [6.07, 6.45) is 3.75. The van der Waals surface area contributed by atoms with Gasteiger partial charge in [-0.25, -0.2) is 0 Å². The number of rotatable bonds is 3. The van der Waals surface area contributed by atoms with Crippen molar-refractivity contribution in [2.75, 3.05) is 26.7 Å². The molecular weight excluding hydrogens is 262 g/mol. The van der Waals surface area contributed by atoms with Crippen molar-refractivity contribution >= 4 is 0 Å². The molecule has 1 saturated heterocycles. The molecule has 3 nitrogen and oxygen atoms in total. The fourth-order valence-electron chi connectivity index (χ4n) is 4.07. The summed E-state index contributed by atoms with van der Waals surface area (Å²) >= 11 is 0. The first kappa shape index (κ1) is 14.6. The van der Waals surface area contributed by atoms with Gasteiger partial charge in [0.05, 0.1) is 13.2 Å². The summed E-state index contributed by atoms with van der Waals surface area (Å²) in [6, 6.07) is 6.13. The molecule has 1 aliphatic carbocycles. The number of benzene rings is 1. The van der Waals surface area contributed by atoms with Crippen molar-refractivity contribution in [3.05, 3.63) is 42.0 Å². The maximum absolute atomic E-state index is 10.8. The molecule has 0 amide bonds. The third-order valence-corrected chi connectivity index (χ3v) is 5.25. The van der Waals surface area contributed by atoms with Gasteiger partial charge in [-0.3, -0.25) is 4.90 Å². The van der Waals surface area contributed by atoms with Crippen LogP contribution >= 0.6 is 0 Å². The minimum absolute atomic E-state index is 0.129. The van der Waals surface area contributed by atoms with Crippen LogP contribution in [-0.4, -0.2) is 36.8 Å². The van der Waals surface area contributed by atoms with E-state index < -0.39 is 0 Å². The van der Waals surface area contributed by atoms with Gasteiger partial charge < -0.3 is 9.84 Å². The van der Waals surface area contributed by atoms with Gasteiger partial charge in [0.15, 0.2) is 0 Å². The predicted octanol–water partition coefficient (Wildman–Crippen LogP) is 2.90. The fourth-order valence-corrected chi connectivity index (χ4v) is 4.07. The van der Waals surface area contributed by atoms with E-state index >= 15 is 0 Å². The lowest BCUT2D eigenvalue weighted by molar-refractivity contribution is 0.0652. The Morgan fingerprint density at radius 1 is 1.52 bits per heavy atom. The lowest BCUT2D eigenvalue weighted by atomic mass is 9.65. The molecule has 3 atom stereocenters. The highest BCUT2D eigenvalue weighted by atomic mass is 16.5. The quantitative estimate of drug-likeness (QED) is 0.868. The van der Waals surface area contributed by atoms with E-state index in [9.17, 15) is 5.11 Å². The Hall–Kier alpha value is -1.32. The molecule has 3 heteroatoms. The van der Waals surface area contributed by atoms with Crippen LogP contribution in [0.25, 0.3) is 0 Å². The zero-order valence-electron chi connectivity index (χ0n) is 13.0. The number of likely N-dealkylation sites (tertiary alicyclic amines) is 1. The summed E-state index contributed by atoms with van der Waals surface area (Å²) in [5, 5.41) is 10.8. The van der Waals surface area contributed by atoms with Crippen molar-refractivity contribution in [1.29, 1.82) is 0 Å². The van der Waals surface area contributed by atoms with Crippen LogP contribution in [0.5, 0.6) is 5.75 Å². The Morgan fingerprint density at radius 3 is 3.05 bits per heavy atom. The number of hydrogen-bond acceptors (Lipinski definition) is 3. The molecule has 21 heavy (non-hydrogen) atoms. The molecule has 1 fully saturated rings. The summed E-state index contributed by atoms with van der Waals surface area (Å²) < 4.78 is 5.38. The maximum Gasteiger partial charge on any atom is 0.119 e. The van der Waals surface area contributed by atoms with Gasteiger partial charge in [0, 0.05) is 19.0 Å². The van der Waals surface area contributed by atoms with Crippen LogP contribution in [0.1, 0.15) is 37.0 Å². The number of ether oxygens (including phenoxy) is 1. The van der Waals surface area contributed by atoms with Crippen molar-refractivity contribution in [3.63, 3.8) is 0 Å². The second-order valence-electron chi connectivity index (χ2n) is 6.72. The van der Waals surface area contributed by atoms with Crippen molar-refractivity contribution in [2.24, 2.45) is 5.92 Å². The molecule has 2 bridgehead atoms. The van der Waals surface area contributed by atoms with E-state index in [1.165, 1.54) is 5.56 Å². The molecule has 1 aromatic rings. The highest BCUT2D eigenvalue weighted by molar-refractivity contribution is 5.44. The molecule has 1 aromatic carbocycles. The monoisotopic (exact) mass is 287 g/mol. The van der Waals surface area contributed by atoms with E-state index in [0.717, 1.165) is 43.8 Å². The van der Waals surface area contributed by atoms with Crippen LogP contribution in [0.15, 0.2) is 30.9 Å². The molecule has 1 aliphatic heterocycles. The molecule has 114 valence electrons. The normalized spacial score (nSPS) is 32.1. The second kappa shape index (κ2) is 5.47. The van der Waals surface area contributed by atoms with Crippen molar-refractivity contribution in [1.82, 2.24) is 4.90 Å². The van der Waals surface area contributed by atoms with E-state index in [0.29, 0.717) is 5.92 Å². The molecule has 3 unspecified atom stereocenters. The first-order chi connectivity index (χ1) is 10.1. The first-order valence-corrected chi connectivity index (χ1v) is 7.77. The number of methoxy groups -OCH3 is 1. The Kier molecular flexibility index (Phi) is 3.80. The van der Waals surface area contributed by atoms with E-state index in [4.69, 9.17) is 4.74 Å². The number of hydrogen-bond donors (Lipinski definition) is 1. The van der Waals surface area contributed by atoms with Crippen molar-refractivity contribution in [2.45, 2.75) is 31.3 Å². The Labute approximate surface area is 127 Å². The molecule has 0 radical (unpaired) electrons. The lowest BCUT2D eigenvalue weighted by Crippen LogP contribution is -2.35. The Morgan fingerprint density at radius 2 is 2.33 bits per heavy atom. The van der Waals surface area contributed by atoms with Crippen LogP contribution in [0.2, 0.25) is 0 Å². The van der Waals surface area contributed by atoms with Gasteiger partial charge in [-0.05, 0) is 48.1 Å². The van der Waals surface area contributed by atoms with Gasteiger partial charge in [-0.15, -0.1) is 6.58 Å². The summed E-state index contributed by atoms with van der Waals surface area (Å²) in [6.45, 7) is 9.10. The lowest BCUT2D eigenvalue weighted by Gasteiger charge is -2.41. The highest BCUT2D eigenvalue weighted by Gasteiger charge is 2.43. The predicted molar refractivity (Wildman–Crippen MR) is 84.7 cm³/mol. The van der Waals surface area contributed by atoms with Gasteiger partial charge in [0.25, 0.3) is 0 Å². The number of fused-ring (bicyclic) bond motifs is 4. The Balaban J connectivity index is 2.01. The van der Waals surface area contributed by atoms with Gasteiger partial charge in [-0.1, -0.05) is 19.1 Å². The maximum atomic E-state index is 10.8. The third-order valence-electron chi connectivity index (χ3n) is 5.25. The average molecular weight is 287 g/mol. The van der Waals surface area contributed by atoms with Crippen LogP contribution in [0, 0.1) is 5.92 Å². The average Bonchev–Trinajstić information content (AvgIpc) is 2.64. The van der Waals surface area contributed by atoms with Gasteiger partial charge >= 0.3 is 0 Å². The number of aliphatic hydroxyl groups excluding tert-OH is 1. The standard InChI is InChI=1S/C18H25NO2/c1-4-8-19-9-7-18(2)11-13(12-19)17(20)15-6-5-14(21-3)10-16(15)18/h4-6,10,13,17,20H,1,7-9,11-12H2,2-3H3. The van der Waals surface area contributed by atoms with E-state index in [1.54, 1.807) is 7.11 Å². The molecule has 3 rings (SSSR count). The number of nitrogens with zero attached hydrogens (tertiary/aromatic N) is 1. The summed E-state index contributed by atoms with van der Waals surface area (Å²) in [5.41, 5.74) is 2.49. The summed E-state index contributed by atoms with van der Waals surface area (Å²) in [5.74, 6) is 1.19. The van der Waals surface area contributed by atoms with E-state index in [2.05, 4.69) is 24.5 Å². The van der Waals surface area contributed by atoms with Crippen molar-refractivity contribution in [3.8, 4) is 5.75 Å². The van der Waals surface area contributed by atoms with Gasteiger partial charge in [-0.2, -0.15) is 0 Å². The van der Waals surface area contributed by atoms with Gasteiger partial charge in [0.2, 0.25) is 0 Å². The SMILES string of the molecule is C=CCN1CCC2(C)CC(C1)C(O)c1ccc(OC)cc12. The van der Waals surface area contributed by atoms with E-state index in [1.807, 2.05) is 18.2 Å². The number of aliphatic hydroxyl groups is 1. The topological polar surface area (TPSA) is 32.7 Å². The van der Waals surface area contributed by atoms with Crippen LogP contribution in [0.4, 0.5) is 0 Å². The van der Waals surface area contributed by atoms with E-state index in [-0.39, 0.29) is 11.5 Å². The molecular formula is C18H25NO2. The minimum Gasteiger partial charge on any atom is -0.497 e. The smallest absolute Gasteiger partial charge is 0.119 e. The zero-order valence-corrected chi connectivity index (χ0v) is 13.0. The van der Waals surface area contributed by atoms with Crippen LogP contribution in [-0.2, 0) is 5.41 Å². The minimum atomic E-state index is -0.371. The van der Waals surface area contributed by atoms with Crippen LogP contribution < -0.4 is 4.74 Å². The molecule has 1 heterocycles. The summed E-state index contributed by atoms with van der Waals surface area (Å²) in [7, 11) is 1.70. The van der Waals surface area contributed by atoms with Crippen molar-refractivity contribution < 1.29 is 9.84 Å². The molecule has 0 aromatic heterocycles. The Bertz CT molecular complexity index is 542. The summed E-state index contributed by atoms with van der Waals surface area (Å²) in [4.78, 5) is 2.41. The second-order valence-corrected chi connectivity index (χ2v) is 6.72. The zero-order chi connectivity index (χ0) is 15.0. The largest absolute Gasteiger partial charge is 0.497 e. The molecule has 1 N–H and O–H groups in total.